The highest BCUT2D eigenvalue weighted by Crippen LogP contribution is 2.24. The Morgan fingerprint density at radius 2 is 1.77 bits per heavy atom. The summed E-state index contributed by atoms with van der Waals surface area (Å²) in [5.74, 6) is 1.35. The minimum absolute atomic E-state index is 0.665. The van der Waals surface area contributed by atoms with E-state index < -0.39 is 0 Å². The van der Waals surface area contributed by atoms with E-state index in [1.165, 1.54) is 24.1 Å². The summed E-state index contributed by atoms with van der Waals surface area (Å²) in [6.45, 7) is 9.02. The van der Waals surface area contributed by atoms with E-state index in [0.717, 1.165) is 0 Å². The molecule has 1 rings (SSSR count). The van der Waals surface area contributed by atoms with Gasteiger partial charge in [-0.2, -0.15) is 0 Å². The fourth-order valence-electron chi connectivity index (χ4n) is 1.45. The van der Waals surface area contributed by atoms with Gasteiger partial charge in [0, 0.05) is 11.9 Å². The van der Waals surface area contributed by atoms with Gasteiger partial charge in [0.1, 0.15) is 0 Å². The van der Waals surface area contributed by atoms with Gasteiger partial charge in [-0.25, -0.2) is 0 Å². The smallest absolute Gasteiger partial charge is 0.0178 e. The van der Waals surface area contributed by atoms with Crippen molar-refractivity contribution in [2.45, 2.75) is 52.4 Å². The van der Waals surface area contributed by atoms with Gasteiger partial charge in [-0.1, -0.05) is 27.7 Å². The van der Waals surface area contributed by atoms with E-state index in [1.807, 2.05) is 0 Å². The van der Waals surface area contributed by atoms with Crippen molar-refractivity contribution in [3.63, 3.8) is 0 Å². The molecule has 0 aliphatic rings. The van der Waals surface area contributed by atoms with Gasteiger partial charge in [-0.3, -0.25) is 0 Å². The van der Waals surface area contributed by atoms with E-state index in [1.54, 1.807) is 0 Å². The first-order valence-electron chi connectivity index (χ1n) is 5.37. The van der Waals surface area contributed by atoms with Gasteiger partial charge in [0.2, 0.25) is 0 Å². The zero-order valence-corrected chi connectivity index (χ0v) is 9.22. The summed E-state index contributed by atoms with van der Waals surface area (Å²) in [6.07, 6.45) is 4.59. The predicted molar refractivity (Wildman–Crippen MR) is 58.2 cm³/mol. The molecule has 0 aromatic carbocycles. The largest absolute Gasteiger partial charge is 0.364 e. The number of aromatic nitrogens is 1. The number of H-pyrrole nitrogens is 1. The van der Waals surface area contributed by atoms with Crippen molar-refractivity contribution >= 4 is 0 Å². The maximum atomic E-state index is 3.37. The van der Waals surface area contributed by atoms with Crippen LogP contribution in [0.15, 0.2) is 12.3 Å². The van der Waals surface area contributed by atoms with Crippen LogP contribution in [0, 0.1) is 0 Å². The van der Waals surface area contributed by atoms with Crippen LogP contribution in [0.5, 0.6) is 0 Å². The van der Waals surface area contributed by atoms with Gasteiger partial charge >= 0.3 is 0 Å². The van der Waals surface area contributed by atoms with Crippen LogP contribution in [0.3, 0.4) is 0 Å². The molecule has 0 spiro atoms. The van der Waals surface area contributed by atoms with Gasteiger partial charge in [0.15, 0.2) is 0 Å². The Bertz CT molecular complexity index is 225. The van der Waals surface area contributed by atoms with E-state index >= 15 is 0 Å². The van der Waals surface area contributed by atoms with Crippen molar-refractivity contribution < 1.29 is 0 Å². The van der Waals surface area contributed by atoms with Crippen molar-refractivity contribution in [3.8, 4) is 0 Å². The second kappa shape index (κ2) is 4.50. The number of rotatable bonds is 4. The van der Waals surface area contributed by atoms with Crippen LogP contribution in [0.4, 0.5) is 0 Å². The second-order valence-electron chi connectivity index (χ2n) is 4.01. The molecule has 1 heteroatoms. The number of hydrogen-bond acceptors (Lipinski definition) is 0. The Hall–Kier alpha value is -0.720. The Kier molecular flexibility index (Phi) is 3.58. The molecule has 0 saturated heterocycles. The lowest BCUT2D eigenvalue weighted by molar-refractivity contribution is 0.711. The predicted octanol–water partition coefficient (Wildman–Crippen LogP) is 4.04. The molecule has 0 aliphatic carbocycles. The summed E-state index contributed by atoms with van der Waals surface area (Å²) in [4.78, 5) is 3.37. The molecule has 2 unspecified atom stereocenters. The van der Waals surface area contributed by atoms with Crippen LogP contribution in [-0.2, 0) is 0 Å². The Morgan fingerprint density at radius 3 is 2.31 bits per heavy atom. The van der Waals surface area contributed by atoms with Crippen molar-refractivity contribution in [2.75, 3.05) is 0 Å². The van der Waals surface area contributed by atoms with E-state index in [-0.39, 0.29) is 0 Å². The lowest BCUT2D eigenvalue weighted by Crippen LogP contribution is -1.90. The van der Waals surface area contributed by atoms with Crippen LogP contribution < -0.4 is 0 Å². The zero-order chi connectivity index (χ0) is 9.84. The van der Waals surface area contributed by atoms with E-state index in [4.69, 9.17) is 0 Å². The molecule has 1 nitrogen and oxygen atoms in total. The highest BCUT2D eigenvalue weighted by Gasteiger charge is 2.08. The monoisotopic (exact) mass is 179 g/mol. The summed E-state index contributed by atoms with van der Waals surface area (Å²) >= 11 is 0. The third-order valence-corrected chi connectivity index (χ3v) is 3.05. The van der Waals surface area contributed by atoms with Crippen molar-refractivity contribution in [1.29, 1.82) is 0 Å². The molecule has 2 atom stereocenters. The molecular weight excluding hydrogens is 158 g/mol. The van der Waals surface area contributed by atoms with Crippen molar-refractivity contribution in [2.24, 2.45) is 0 Å². The van der Waals surface area contributed by atoms with Crippen LogP contribution in [0.1, 0.15) is 63.6 Å². The van der Waals surface area contributed by atoms with Crippen molar-refractivity contribution in [3.05, 3.63) is 23.5 Å². The standard InChI is InChI=1S/C12H21N/c1-5-9(3)11-7-12(13-8-11)10(4)6-2/h7-10,13H,5-6H2,1-4H3. The molecule has 13 heavy (non-hydrogen) atoms. The van der Waals surface area contributed by atoms with E-state index in [0.29, 0.717) is 11.8 Å². The normalized spacial score (nSPS) is 15.7. The van der Waals surface area contributed by atoms with Crippen molar-refractivity contribution in [1.82, 2.24) is 4.98 Å². The molecule has 0 aliphatic heterocycles. The molecule has 1 N–H and O–H groups in total. The maximum Gasteiger partial charge on any atom is 0.0178 e. The summed E-state index contributed by atoms with van der Waals surface area (Å²) < 4.78 is 0. The number of hydrogen-bond donors (Lipinski definition) is 1. The maximum absolute atomic E-state index is 3.37. The average molecular weight is 179 g/mol. The highest BCUT2D eigenvalue weighted by molar-refractivity contribution is 5.22. The highest BCUT2D eigenvalue weighted by atomic mass is 14.7. The van der Waals surface area contributed by atoms with Crippen LogP contribution in [0.25, 0.3) is 0 Å². The summed E-state index contributed by atoms with van der Waals surface area (Å²) in [6, 6.07) is 2.32. The molecule has 0 bridgehead atoms. The molecule has 1 heterocycles. The lowest BCUT2D eigenvalue weighted by atomic mass is 9.99. The molecule has 1 aromatic rings. The Labute approximate surface area is 81.6 Å². The fourth-order valence-corrected chi connectivity index (χ4v) is 1.45. The van der Waals surface area contributed by atoms with Gasteiger partial charge in [-0.05, 0) is 36.3 Å². The van der Waals surface area contributed by atoms with Gasteiger partial charge in [-0.15, -0.1) is 0 Å². The molecular formula is C12H21N. The molecule has 0 amide bonds. The first-order chi connectivity index (χ1) is 6.19. The third kappa shape index (κ3) is 2.36. The average Bonchev–Trinajstić information content (AvgIpc) is 2.64. The Balaban J connectivity index is 2.74. The first kappa shape index (κ1) is 10.4. The molecule has 0 saturated carbocycles. The molecule has 0 fully saturated rings. The Morgan fingerprint density at radius 1 is 1.15 bits per heavy atom. The van der Waals surface area contributed by atoms with Crippen LogP contribution in [-0.4, -0.2) is 4.98 Å². The second-order valence-corrected chi connectivity index (χ2v) is 4.01. The van der Waals surface area contributed by atoms with Gasteiger partial charge < -0.3 is 4.98 Å². The molecule has 74 valence electrons. The van der Waals surface area contributed by atoms with Gasteiger partial charge in [0.25, 0.3) is 0 Å². The molecule has 0 radical (unpaired) electrons. The summed E-state index contributed by atoms with van der Waals surface area (Å²) in [5.41, 5.74) is 2.84. The van der Waals surface area contributed by atoms with E-state index in [9.17, 15) is 0 Å². The number of nitrogens with one attached hydrogen (secondary N) is 1. The minimum atomic E-state index is 0.665. The van der Waals surface area contributed by atoms with Crippen LogP contribution >= 0.6 is 0 Å². The van der Waals surface area contributed by atoms with Gasteiger partial charge in [0.05, 0.1) is 0 Å². The fraction of sp³-hybridized carbons (Fsp3) is 0.667. The topological polar surface area (TPSA) is 15.8 Å². The minimum Gasteiger partial charge on any atom is -0.364 e. The summed E-state index contributed by atoms with van der Waals surface area (Å²) in [5, 5.41) is 0. The number of aromatic amines is 1. The third-order valence-electron chi connectivity index (χ3n) is 3.05. The van der Waals surface area contributed by atoms with E-state index in [2.05, 4.69) is 44.9 Å². The first-order valence-corrected chi connectivity index (χ1v) is 5.37. The SMILES string of the molecule is CCC(C)c1c[nH]c(C(C)CC)c1. The lowest BCUT2D eigenvalue weighted by Gasteiger charge is -2.05. The quantitative estimate of drug-likeness (QED) is 0.718. The van der Waals surface area contributed by atoms with Crippen LogP contribution in [0.2, 0.25) is 0 Å². The molecule has 1 aromatic heterocycles. The summed E-state index contributed by atoms with van der Waals surface area (Å²) in [7, 11) is 0. The zero-order valence-electron chi connectivity index (χ0n) is 9.22.